The monoisotopic (exact) mass is 379 g/mol. The summed E-state index contributed by atoms with van der Waals surface area (Å²) in [6, 6.07) is 11.1. The van der Waals surface area contributed by atoms with Gasteiger partial charge in [0.15, 0.2) is 11.6 Å². The van der Waals surface area contributed by atoms with E-state index in [1.807, 2.05) is 48.2 Å². The third-order valence-corrected chi connectivity index (χ3v) is 4.59. The Morgan fingerprint density at radius 2 is 1.71 bits per heavy atom. The first-order chi connectivity index (χ1) is 13.7. The number of carbonyl (C=O) groups excluding carboxylic acids is 1. The molecule has 1 aliphatic rings. The minimum Gasteiger partial charge on any atom is -0.494 e. The van der Waals surface area contributed by atoms with Gasteiger partial charge < -0.3 is 14.5 Å². The van der Waals surface area contributed by atoms with Crippen molar-refractivity contribution in [2.75, 3.05) is 37.7 Å². The Labute approximate surface area is 162 Å². The Kier molecular flexibility index (Phi) is 5.14. The average Bonchev–Trinajstić information content (AvgIpc) is 3.29. The predicted octanol–water partition coefficient (Wildman–Crippen LogP) is 1.42. The van der Waals surface area contributed by atoms with E-state index in [1.54, 1.807) is 11.0 Å². The van der Waals surface area contributed by atoms with Crippen LogP contribution in [0.1, 0.15) is 17.3 Å². The highest BCUT2D eigenvalue weighted by atomic mass is 16.5. The van der Waals surface area contributed by atoms with E-state index in [0.29, 0.717) is 44.2 Å². The molecule has 0 N–H and O–H groups in total. The minimum atomic E-state index is 0.0373. The SMILES string of the molecule is CCOc1ccc(C(=O)N2CCN(c3ccc(-n4cncn4)nn3)CC2)cc1. The molecule has 0 atom stereocenters. The lowest BCUT2D eigenvalue weighted by molar-refractivity contribution is 0.0746. The summed E-state index contributed by atoms with van der Waals surface area (Å²) in [5.41, 5.74) is 0.675. The average molecular weight is 379 g/mol. The van der Waals surface area contributed by atoms with Gasteiger partial charge in [0.25, 0.3) is 5.91 Å². The number of piperazine rings is 1. The molecule has 0 radical (unpaired) electrons. The minimum absolute atomic E-state index is 0.0373. The molecule has 9 heteroatoms. The van der Waals surface area contributed by atoms with Crippen LogP contribution in [0.25, 0.3) is 5.82 Å². The van der Waals surface area contributed by atoms with Gasteiger partial charge in [-0.2, -0.15) is 5.10 Å². The highest BCUT2D eigenvalue weighted by molar-refractivity contribution is 5.94. The van der Waals surface area contributed by atoms with Crippen LogP contribution in [0.15, 0.2) is 49.1 Å². The molecule has 0 aliphatic carbocycles. The molecule has 9 nitrogen and oxygen atoms in total. The lowest BCUT2D eigenvalue weighted by Crippen LogP contribution is -2.49. The van der Waals surface area contributed by atoms with Gasteiger partial charge in [-0.3, -0.25) is 4.79 Å². The molecule has 3 aromatic rings. The van der Waals surface area contributed by atoms with Gasteiger partial charge in [0.2, 0.25) is 0 Å². The number of amides is 1. The maximum absolute atomic E-state index is 12.7. The lowest BCUT2D eigenvalue weighted by Gasteiger charge is -2.35. The summed E-state index contributed by atoms with van der Waals surface area (Å²) in [4.78, 5) is 20.6. The van der Waals surface area contributed by atoms with Crippen molar-refractivity contribution in [2.24, 2.45) is 0 Å². The molecule has 4 rings (SSSR count). The third kappa shape index (κ3) is 3.78. The van der Waals surface area contributed by atoms with E-state index in [4.69, 9.17) is 4.74 Å². The van der Waals surface area contributed by atoms with Crippen LogP contribution in [0.4, 0.5) is 5.82 Å². The van der Waals surface area contributed by atoms with Crippen LogP contribution in [0.2, 0.25) is 0 Å². The second kappa shape index (κ2) is 8.03. The van der Waals surface area contributed by atoms with E-state index in [9.17, 15) is 4.79 Å². The summed E-state index contributed by atoms with van der Waals surface area (Å²) >= 11 is 0. The van der Waals surface area contributed by atoms with Crippen molar-refractivity contribution in [3.63, 3.8) is 0 Å². The van der Waals surface area contributed by atoms with Crippen molar-refractivity contribution in [1.82, 2.24) is 29.9 Å². The van der Waals surface area contributed by atoms with Gasteiger partial charge >= 0.3 is 0 Å². The van der Waals surface area contributed by atoms with Gasteiger partial charge in [0, 0.05) is 31.7 Å². The predicted molar refractivity (Wildman–Crippen MR) is 103 cm³/mol. The fraction of sp³-hybridized carbons (Fsp3) is 0.316. The molecule has 0 bridgehead atoms. The zero-order chi connectivity index (χ0) is 19.3. The summed E-state index contributed by atoms with van der Waals surface area (Å²) in [5.74, 6) is 2.22. The van der Waals surface area contributed by atoms with Crippen LogP contribution < -0.4 is 9.64 Å². The second-order valence-electron chi connectivity index (χ2n) is 6.33. The van der Waals surface area contributed by atoms with Crippen molar-refractivity contribution in [1.29, 1.82) is 0 Å². The number of hydrogen-bond acceptors (Lipinski definition) is 7. The molecule has 1 saturated heterocycles. The summed E-state index contributed by atoms with van der Waals surface area (Å²) in [6.07, 6.45) is 3.03. The zero-order valence-corrected chi connectivity index (χ0v) is 15.6. The van der Waals surface area contributed by atoms with Crippen molar-refractivity contribution in [2.45, 2.75) is 6.92 Å². The summed E-state index contributed by atoms with van der Waals surface area (Å²) in [6.45, 7) is 5.24. The molecule has 1 amide bonds. The van der Waals surface area contributed by atoms with Gasteiger partial charge in [0.05, 0.1) is 6.61 Å². The molecule has 1 aliphatic heterocycles. The van der Waals surface area contributed by atoms with E-state index < -0.39 is 0 Å². The molecular formula is C19H21N7O2. The van der Waals surface area contributed by atoms with E-state index in [1.165, 1.54) is 6.33 Å². The van der Waals surface area contributed by atoms with Crippen molar-refractivity contribution in [3.05, 3.63) is 54.6 Å². The number of aromatic nitrogens is 5. The van der Waals surface area contributed by atoms with Crippen LogP contribution >= 0.6 is 0 Å². The smallest absolute Gasteiger partial charge is 0.253 e. The number of rotatable bonds is 5. The van der Waals surface area contributed by atoms with Crippen LogP contribution in [-0.2, 0) is 0 Å². The van der Waals surface area contributed by atoms with E-state index in [0.717, 1.165) is 11.6 Å². The number of benzene rings is 1. The highest BCUT2D eigenvalue weighted by Crippen LogP contribution is 2.17. The standard InChI is InChI=1S/C19H21N7O2/c1-2-28-16-5-3-15(4-6-16)19(27)25-11-9-24(10-12-25)17-7-8-18(23-22-17)26-14-20-13-21-26/h3-8,13-14H,2,9-12H2,1H3. The fourth-order valence-electron chi connectivity index (χ4n) is 3.12. The maximum Gasteiger partial charge on any atom is 0.253 e. The largest absolute Gasteiger partial charge is 0.494 e. The van der Waals surface area contributed by atoms with Crippen LogP contribution in [0.3, 0.4) is 0 Å². The number of hydrogen-bond donors (Lipinski definition) is 0. The Bertz CT molecular complexity index is 902. The second-order valence-corrected chi connectivity index (χ2v) is 6.33. The van der Waals surface area contributed by atoms with Crippen molar-refractivity contribution in [3.8, 4) is 11.6 Å². The highest BCUT2D eigenvalue weighted by Gasteiger charge is 2.23. The Hall–Kier alpha value is -3.49. The van der Waals surface area contributed by atoms with Gasteiger partial charge in [-0.15, -0.1) is 10.2 Å². The van der Waals surface area contributed by atoms with Crippen LogP contribution in [-0.4, -0.2) is 68.6 Å². The normalized spacial score (nSPS) is 14.2. The number of nitrogens with zero attached hydrogens (tertiary/aromatic N) is 7. The first kappa shape index (κ1) is 17.9. The number of carbonyl (C=O) groups is 1. The fourth-order valence-corrected chi connectivity index (χ4v) is 3.12. The van der Waals surface area contributed by atoms with E-state index in [-0.39, 0.29) is 5.91 Å². The zero-order valence-electron chi connectivity index (χ0n) is 15.6. The Morgan fingerprint density at radius 1 is 1.00 bits per heavy atom. The third-order valence-electron chi connectivity index (χ3n) is 4.59. The van der Waals surface area contributed by atoms with Crippen LogP contribution in [0.5, 0.6) is 5.75 Å². The summed E-state index contributed by atoms with van der Waals surface area (Å²) in [5, 5.41) is 12.5. The molecular weight excluding hydrogens is 358 g/mol. The maximum atomic E-state index is 12.7. The Balaban J connectivity index is 1.35. The molecule has 144 valence electrons. The van der Waals surface area contributed by atoms with E-state index >= 15 is 0 Å². The van der Waals surface area contributed by atoms with Crippen LogP contribution in [0, 0.1) is 0 Å². The van der Waals surface area contributed by atoms with Gasteiger partial charge in [-0.05, 0) is 43.3 Å². The Morgan fingerprint density at radius 3 is 2.32 bits per heavy atom. The first-order valence-corrected chi connectivity index (χ1v) is 9.20. The van der Waals surface area contributed by atoms with Crippen molar-refractivity contribution < 1.29 is 9.53 Å². The molecule has 28 heavy (non-hydrogen) atoms. The number of ether oxygens (including phenoxy) is 1. The molecule has 0 spiro atoms. The molecule has 3 heterocycles. The molecule has 0 saturated carbocycles. The molecule has 1 aromatic carbocycles. The first-order valence-electron chi connectivity index (χ1n) is 9.20. The molecule has 0 unspecified atom stereocenters. The number of anilines is 1. The lowest BCUT2D eigenvalue weighted by atomic mass is 10.1. The molecule has 2 aromatic heterocycles. The molecule has 1 fully saturated rings. The summed E-state index contributed by atoms with van der Waals surface area (Å²) in [7, 11) is 0. The van der Waals surface area contributed by atoms with E-state index in [2.05, 4.69) is 25.2 Å². The van der Waals surface area contributed by atoms with Crippen molar-refractivity contribution >= 4 is 11.7 Å². The summed E-state index contributed by atoms with van der Waals surface area (Å²) < 4.78 is 6.99. The van der Waals surface area contributed by atoms with Gasteiger partial charge in [-0.1, -0.05) is 0 Å². The topological polar surface area (TPSA) is 89.3 Å². The quantitative estimate of drug-likeness (QED) is 0.662. The van der Waals surface area contributed by atoms with Gasteiger partial charge in [-0.25, -0.2) is 9.67 Å². The van der Waals surface area contributed by atoms with Gasteiger partial charge in [0.1, 0.15) is 18.4 Å².